The maximum atomic E-state index is 11.4. The minimum atomic E-state index is -0.926. The lowest BCUT2D eigenvalue weighted by Crippen LogP contribution is -2.44. The van der Waals surface area contributed by atoms with Gasteiger partial charge in [-0.25, -0.2) is 0 Å². The summed E-state index contributed by atoms with van der Waals surface area (Å²) in [5, 5.41) is 8.95. The van der Waals surface area contributed by atoms with Crippen LogP contribution in [0.15, 0.2) is 12.2 Å². The van der Waals surface area contributed by atoms with Gasteiger partial charge in [-0.2, -0.15) is 0 Å². The Labute approximate surface area is 86.4 Å². The van der Waals surface area contributed by atoms with E-state index in [9.17, 15) is 14.4 Å². The molecule has 0 aromatic carbocycles. The highest BCUT2D eigenvalue weighted by Gasteiger charge is 2.42. The molecule has 80 valence electrons. The molecule has 1 aliphatic heterocycles. The zero-order valence-corrected chi connectivity index (χ0v) is 8.05. The van der Waals surface area contributed by atoms with E-state index in [1.54, 1.807) is 0 Å². The second kappa shape index (κ2) is 3.49. The van der Waals surface area contributed by atoms with Crippen LogP contribution in [0, 0.1) is 5.92 Å². The molecule has 2 amide bonds. The van der Waals surface area contributed by atoms with Gasteiger partial charge in [0.05, 0.1) is 12.0 Å². The fourth-order valence-corrected chi connectivity index (χ4v) is 2.28. The Kier molecular flexibility index (Phi) is 2.30. The van der Waals surface area contributed by atoms with E-state index in [4.69, 9.17) is 5.11 Å². The molecular formula is C10H11NO4. The van der Waals surface area contributed by atoms with Crippen molar-refractivity contribution < 1.29 is 19.5 Å². The summed E-state index contributed by atoms with van der Waals surface area (Å²) in [4.78, 5) is 34.7. The molecule has 0 saturated heterocycles. The third kappa shape index (κ3) is 1.54. The van der Waals surface area contributed by atoms with Crippen LogP contribution in [0.3, 0.4) is 0 Å². The molecule has 1 saturated carbocycles. The van der Waals surface area contributed by atoms with Gasteiger partial charge in [0.1, 0.15) is 0 Å². The molecule has 2 rings (SSSR count). The van der Waals surface area contributed by atoms with Gasteiger partial charge in [-0.15, -0.1) is 0 Å². The number of amides is 2. The third-order valence-corrected chi connectivity index (χ3v) is 2.97. The van der Waals surface area contributed by atoms with Crippen LogP contribution in [0.4, 0.5) is 0 Å². The van der Waals surface area contributed by atoms with Gasteiger partial charge in [-0.3, -0.25) is 19.3 Å². The van der Waals surface area contributed by atoms with Crippen molar-refractivity contribution in [3.63, 3.8) is 0 Å². The molecule has 0 aromatic rings. The molecule has 1 fully saturated rings. The van der Waals surface area contributed by atoms with Crippen LogP contribution in [-0.4, -0.2) is 33.8 Å². The average Bonchev–Trinajstić information content (AvgIpc) is 2.73. The van der Waals surface area contributed by atoms with Crippen LogP contribution in [0.5, 0.6) is 0 Å². The van der Waals surface area contributed by atoms with Crippen LogP contribution >= 0.6 is 0 Å². The molecular weight excluding hydrogens is 198 g/mol. The number of carbonyl (C=O) groups is 3. The second-order valence-corrected chi connectivity index (χ2v) is 3.82. The van der Waals surface area contributed by atoms with Crippen LogP contribution in [0.25, 0.3) is 0 Å². The monoisotopic (exact) mass is 209 g/mol. The standard InChI is InChI=1S/C10H11NO4/c12-8-4-5-9(13)11(8)7-3-1-2-6(7)10(14)15/h4-7H,1-3H2,(H,14,15). The van der Waals surface area contributed by atoms with Crippen molar-refractivity contribution in [2.45, 2.75) is 25.3 Å². The number of imide groups is 1. The maximum Gasteiger partial charge on any atom is 0.308 e. The maximum absolute atomic E-state index is 11.4. The first-order chi connectivity index (χ1) is 7.11. The Morgan fingerprint density at radius 1 is 1.27 bits per heavy atom. The zero-order valence-electron chi connectivity index (χ0n) is 8.05. The number of carboxylic acids is 1. The summed E-state index contributed by atoms with van der Waals surface area (Å²) in [6, 6.07) is -0.461. The Bertz CT molecular complexity index is 342. The van der Waals surface area contributed by atoms with Crippen molar-refractivity contribution in [3.8, 4) is 0 Å². The predicted octanol–water partition coefficient (Wildman–Crippen LogP) is 0.165. The van der Waals surface area contributed by atoms with E-state index in [0.717, 1.165) is 11.3 Å². The molecule has 0 radical (unpaired) electrons. The van der Waals surface area contributed by atoms with E-state index in [0.29, 0.717) is 12.8 Å². The summed E-state index contributed by atoms with van der Waals surface area (Å²) < 4.78 is 0. The molecule has 0 bridgehead atoms. The van der Waals surface area contributed by atoms with E-state index in [-0.39, 0.29) is 0 Å². The second-order valence-electron chi connectivity index (χ2n) is 3.82. The van der Waals surface area contributed by atoms with E-state index >= 15 is 0 Å². The van der Waals surface area contributed by atoms with Gasteiger partial charge in [-0.1, -0.05) is 6.42 Å². The van der Waals surface area contributed by atoms with Gasteiger partial charge in [0.15, 0.2) is 0 Å². The Hall–Kier alpha value is -1.65. The fraction of sp³-hybridized carbons (Fsp3) is 0.500. The van der Waals surface area contributed by atoms with Crippen LogP contribution in [0.2, 0.25) is 0 Å². The molecule has 2 atom stereocenters. The quantitative estimate of drug-likeness (QED) is 0.657. The Morgan fingerprint density at radius 2 is 1.87 bits per heavy atom. The molecule has 15 heavy (non-hydrogen) atoms. The summed E-state index contributed by atoms with van der Waals surface area (Å²) >= 11 is 0. The summed E-state index contributed by atoms with van der Waals surface area (Å²) in [6.45, 7) is 0. The molecule has 5 heteroatoms. The van der Waals surface area contributed by atoms with Gasteiger partial charge in [0.25, 0.3) is 11.8 Å². The number of hydrogen-bond acceptors (Lipinski definition) is 3. The lowest BCUT2D eigenvalue weighted by atomic mass is 10.0. The molecule has 0 spiro atoms. The minimum Gasteiger partial charge on any atom is -0.481 e. The highest BCUT2D eigenvalue weighted by molar-refractivity contribution is 6.13. The zero-order chi connectivity index (χ0) is 11.0. The van der Waals surface area contributed by atoms with E-state index in [1.165, 1.54) is 12.2 Å². The first-order valence-electron chi connectivity index (χ1n) is 4.89. The fourth-order valence-electron chi connectivity index (χ4n) is 2.28. The number of carbonyl (C=O) groups excluding carboxylic acids is 2. The lowest BCUT2D eigenvalue weighted by molar-refractivity contribution is -0.147. The highest BCUT2D eigenvalue weighted by Crippen LogP contribution is 2.31. The van der Waals surface area contributed by atoms with Crippen molar-refractivity contribution in [1.29, 1.82) is 0 Å². The molecule has 2 aliphatic rings. The normalized spacial score (nSPS) is 30.3. The van der Waals surface area contributed by atoms with Crippen LogP contribution in [0.1, 0.15) is 19.3 Å². The number of hydrogen-bond donors (Lipinski definition) is 1. The summed E-state index contributed by atoms with van der Waals surface area (Å²) in [7, 11) is 0. The Morgan fingerprint density at radius 3 is 2.40 bits per heavy atom. The third-order valence-electron chi connectivity index (χ3n) is 2.97. The largest absolute Gasteiger partial charge is 0.481 e. The van der Waals surface area contributed by atoms with Crippen molar-refractivity contribution >= 4 is 17.8 Å². The van der Waals surface area contributed by atoms with Gasteiger partial charge in [0.2, 0.25) is 0 Å². The predicted molar refractivity (Wildman–Crippen MR) is 49.8 cm³/mol. The number of carboxylic acid groups (broad SMARTS) is 1. The molecule has 0 aromatic heterocycles. The van der Waals surface area contributed by atoms with Gasteiger partial charge in [-0.05, 0) is 12.8 Å². The van der Waals surface area contributed by atoms with Crippen molar-refractivity contribution in [3.05, 3.63) is 12.2 Å². The molecule has 5 nitrogen and oxygen atoms in total. The van der Waals surface area contributed by atoms with Crippen molar-refractivity contribution in [2.75, 3.05) is 0 Å². The summed E-state index contributed by atoms with van der Waals surface area (Å²) in [5.74, 6) is -2.31. The van der Waals surface area contributed by atoms with E-state index in [1.807, 2.05) is 0 Å². The van der Waals surface area contributed by atoms with Crippen LogP contribution in [-0.2, 0) is 14.4 Å². The molecule has 1 N–H and O–H groups in total. The Balaban J connectivity index is 2.20. The van der Waals surface area contributed by atoms with Crippen molar-refractivity contribution in [1.82, 2.24) is 4.90 Å². The smallest absolute Gasteiger partial charge is 0.308 e. The first kappa shape index (κ1) is 9.89. The van der Waals surface area contributed by atoms with Crippen LogP contribution < -0.4 is 0 Å². The number of nitrogens with zero attached hydrogens (tertiary/aromatic N) is 1. The first-order valence-corrected chi connectivity index (χ1v) is 4.89. The minimum absolute atomic E-state index is 0.391. The SMILES string of the molecule is O=C(O)C1CCCC1N1C(=O)C=CC1=O. The van der Waals surface area contributed by atoms with Gasteiger partial charge < -0.3 is 5.11 Å². The highest BCUT2D eigenvalue weighted by atomic mass is 16.4. The molecule has 2 unspecified atom stereocenters. The summed E-state index contributed by atoms with van der Waals surface area (Å²) in [5.41, 5.74) is 0. The van der Waals surface area contributed by atoms with E-state index < -0.39 is 29.7 Å². The van der Waals surface area contributed by atoms with Crippen molar-refractivity contribution in [2.24, 2.45) is 5.92 Å². The lowest BCUT2D eigenvalue weighted by Gasteiger charge is -2.25. The molecule has 1 aliphatic carbocycles. The van der Waals surface area contributed by atoms with E-state index in [2.05, 4.69) is 0 Å². The molecule has 1 heterocycles. The number of aliphatic carboxylic acids is 1. The average molecular weight is 209 g/mol. The van der Waals surface area contributed by atoms with Gasteiger partial charge in [0, 0.05) is 12.2 Å². The summed E-state index contributed by atoms with van der Waals surface area (Å²) in [6.07, 6.45) is 4.27. The van der Waals surface area contributed by atoms with Gasteiger partial charge >= 0.3 is 5.97 Å². The topological polar surface area (TPSA) is 74.7 Å². The number of rotatable bonds is 2.